The fourth-order valence-electron chi connectivity index (χ4n) is 0.912. The molecule has 64 valence electrons. The predicted molar refractivity (Wildman–Crippen MR) is 59.5 cm³/mol. The molecule has 0 saturated heterocycles. The van der Waals surface area contributed by atoms with E-state index in [9.17, 15) is 0 Å². The van der Waals surface area contributed by atoms with Crippen molar-refractivity contribution in [2.45, 2.75) is 6.55 Å². The van der Waals surface area contributed by atoms with Crippen molar-refractivity contribution < 1.29 is 0 Å². The van der Waals surface area contributed by atoms with E-state index in [-0.39, 0.29) is 0 Å². The van der Waals surface area contributed by atoms with E-state index in [2.05, 4.69) is 6.58 Å². The molecule has 0 radical (unpaired) electrons. The molecule has 0 aliphatic rings. The maximum atomic E-state index is 6.03. The highest BCUT2D eigenvalue weighted by molar-refractivity contribution is 7.50. The van der Waals surface area contributed by atoms with Crippen molar-refractivity contribution in [2.75, 3.05) is 0 Å². The molecule has 0 heterocycles. The summed E-state index contributed by atoms with van der Waals surface area (Å²) in [5.74, 6) is 0. The molecule has 0 nitrogen and oxygen atoms in total. The molecule has 0 spiro atoms. The molecule has 0 atom stereocenters. The van der Waals surface area contributed by atoms with E-state index < -0.39 is 6.69 Å². The van der Waals surface area contributed by atoms with Crippen LogP contribution in [0.15, 0.2) is 30.8 Å². The van der Waals surface area contributed by atoms with Crippen LogP contribution in [0.4, 0.5) is 0 Å². The van der Waals surface area contributed by atoms with Crippen LogP contribution in [-0.2, 0) is 0 Å². The summed E-state index contributed by atoms with van der Waals surface area (Å²) in [7, 11) is 0. The smallest absolute Gasteiger partial charge is 0.140 e. The van der Waals surface area contributed by atoms with Crippen LogP contribution in [0.2, 0.25) is 6.55 Å². The van der Waals surface area contributed by atoms with Gasteiger partial charge in [0.25, 0.3) is 6.69 Å². The highest BCUT2D eigenvalue weighted by Gasteiger charge is 2.23. The van der Waals surface area contributed by atoms with Crippen molar-refractivity contribution in [3.63, 3.8) is 0 Å². The molecule has 12 heavy (non-hydrogen) atoms. The zero-order chi connectivity index (χ0) is 9.19. The van der Waals surface area contributed by atoms with Gasteiger partial charge in [-0.15, -0.1) is 22.2 Å². The highest BCUT2D eigenvalue weighted by atomic mass is 35.7. The Balaban J connectivity index is 3.00. The van der Waals surface area contributed by atoms with Crippen LogP contribution in [0, 0.1) is 0 Å². The Labute approximate surface area is 83.2 Å². The molecule has 0 fully saturated rings. The standard InChI is InChI=1S/C9H10Cl2Si/c1-3-8-4-6-9(7-5-8)12(2,10)11/h3-7H,1H2,2H3. The minimum atomic E-state index is -2.16. The molecule has 0 aromatic heterocycles. The van der Waals surface area contributed by atoms with Crippen molar-refractivity contribution in [3.05, 3.63) is 36.4 Å². The Morgan fingerprint density at radius 2 is 1.75 bits per heavy atom. The lowest BCUT2D eigenvalue weighted by Gasteiger charge is -2.10. The molecule has 0 unspecified atom stereocenters. The molecule has 0 saturated carbocycles. The van der Waals surface area contributed by atoms with Crippen molar-refractivity contribution in [3.8, 4) is 0 Å². The first-order valence-electron chi connectivity index (χ1n) is 3.65. The molecule has 1 aromatic carbocycles. The van der Waals surface area contributed by atoms with Crippen molar-refractivity contribution in [1.29, 1.82) is 0 Å². The number of benzene rings is 1. The summed E-state index contributed by atoms with van der Waals surface area (Å²) in [5, 5.41) is 1.04. The average Bonchev–Trinajstić information content (AvgIpc) is 2.03. The van der Waals surface area contributed by atoms with E-state index in [1.165, 1.54) is 0 Å². The quantitative estimate of drug-likeness (QED) is 0.527. The van der Waals surface area contributed by atoms with E-state index in [0.29, 0.717) is 0 Å². The maximum Gasteiger partial charge on any atom is 0.277 e. The molecule has 0 bridgehead atoms. The molecular formula is C9H10Cl2Si. The Kier molecular flexibility index (Phi) is 2.99. The lowest BCUT2D eigenvalue weighted by Crippen LogP contribution is -2.32. The summed E-state index contributed by atoms with van der Waals surface area (Å²) in [6, 6.07) is 7.86. The van der Waals surface area contributed by atoms with Gasteiger partial charge >= 0.3 is 0 Å². The van der Waals surface area contributed by atoms with E-state index >= 15 is 0 Å². The van der Waals surface area contributed by atoms with E-state index in [1.807, 2.05) is 30.8 Å². The van der Waals surface area contributed by atoms with E-state index in [0.717, 1.165) is 10.8 Å². The third-order valence-corrected chi connectivity index (χ3v) is 4.31. The number of hydrogen-bond donors (Lipinski definition) is 0. The van der Waals surface area contributed by atoms with Gasteiger partial charge in [-0.3, -0.25) is 0 Å². The second kappa shape index (κ2) is 3.65. The second-order valence-electron chi connectivity index (χ2n) is 2.71. The minimum absolute atomic E-state index is 1.04. The lowest BCUT2D eigenvalue weighted by molar-refractivity contribution is 1.70. The van der Waals surface area contributed by atoms with Crippen LogP contribution >= 0.6 is 22.2 Å². The molecule has 0 amide bonds. The summed E-state index contributed by atoms with van der Waals surface area (Å²) in [4.78, 5) is 0. The fourth-order valence-corrected chi connectivity index (χ4v) is 2.42. The largest absolute Gasteiger partial charge is 0.277 e. The third kappa shape index (κ3) is 2.37. The topological polar surface area (TPSA) is 0 Å². The molecule has 0 N–H and O–H groups in total. The SMILES string of the molecule is C=Cc1ccc([Si](C)(Cl)Cl)cc1. The van der Waals surface area contributed by atoms with Gasteiger partial charge in [-0.25, -0.2) is 0 Å². The molecule has 3 heteroatoms. The molecule has 1 rings (SSSR count). The zero-order valence-corrected chi connectivity index (χ0v) is 9.36. The van der Waals surface area contributed by atoms with Crippen molar-refractivity contribution >= 4 is 40.1 Å². The Morgan fingerprint density at radius 3 is 2.08 bits per heavy atom. The molecule has 0 aliphatic heterocycles. The fraction of sp³-hybridized carbons (Fsp3) is 0.111. The first-order valence-corrected chi connectivity index (χ1v) is 8.17. The van der Waals surface area contributed by atoms with Gasteiger partial charge in [0, 0.05) is 0 Å². The molecule has 1 aromatic rings. The monoisotopic (exact) mass is 216 g/mol. The van der Waals surface area contributed by atoms with Gasteiger partial charge in [0.05, 0.1) is 0 Å². The lowest BCUT2D eigenvalue weighted by atomic mass is 10.2. The highest BCUT2D eigenvalue weighted by Crippen LogP contribution is 2.14. The van der Waals surface area contributed by atoms with Crippen LogP contribution in [0.3, 0.4) is 0 Å². The van der Waals surface area contributed by atoms with Gasteiger partial charge in [-0.2, -0.15) is 0 Å². The van der Waals surface area contributed by atoms with Crippen LogP contribution < -0.4 is 5.19 Å². The Hall–Kier alpha value is -0.243. The van der Waals surface area contributed by atoms with E-state index in [1.54, 1.807) is 6.08 Å². The summed E-state index contributed by atoms with van der Waals surface area (Å²) in [6.45, 7) is 3.40. The van der Waals surface area contributed by atoms with Crippen LogP contribution in [0.5, 0.6) is 0 Å². The Morgan fingerprint density at radius 1 is 1.25 bits per heavy atom. The summed E-state index contributed by atoms with van der Waals surface area (Å²) >= 11 is 12.1. The summed E-state index contributed by atoms with van der Waals surface area (Å²) in [6.07, 6.45) is 1.80. The van der Waals surface area contributed by atoms with Crippen molar-refractivity contribution in [2.24, 2.45) is 0 Å². The summed E-state index contributed by atoms with van der Waals surface area (Å²) < 4.78 is 0. The third-order valence-electron chi connectivity index (χ3n) is 1.65. The van der Waals surface area contributed by atoms with E-state index in [4.69, 9.17) is 22.2 Å². The van der Waals surface area contributed by atoms with Crippen LogP contribution in [0.25, 0.3) is 6.08 Å². The first-order chi connectivity index (χ1) is 5.54. The zero-order valence-electron chi connectivity index (χ0n) is 6.85. The Bertz CT molecular complexity index is 272. The number of rotatable bonds is 2. The molecule has 0 aliphatic carbocycles. The van der Waals surface area contributed by atoms with Gasteiger partial charge in [0.2, 0.25) is 0 Å². The first kappa shape index (κ1) is 9.84. The minimum Gasteiger partial charge on any atom is -0.140 e. The number of halogens is 2. The van der Waals surface area contributed by atoms with Gasteiger partial charge in [0.15, 0.2) is 0 Å². The van der Waals surface area contributed by atoms with Crippen LogP contribution in [-0.4, -0.2) is 6.69 Å². The second-order valence-corrected chi connectivity index (χ2v) is 10.2. The molecular weight excluding hydrogens is 207 g/mol. The normalized spacial score (nSPS) is 11.2. The van der Waals surface area contributed by atoms with Gasteiger partial charge in [-0.05, 0) is 17.3 Å². The van der Waals surface area contributed by atoms with Gasteiger partial charge in [0.1, 0.15) is 0 Å². The van der Waals surface area contributed by atoms with Crippen LogP contribution in [0.1, 0.15) is 5.56 Å². The average molecular weight is 217 g/mol. The maximum absolute atomic E-state index is 6.03. The van der Waals surface area contributed by atoms with Crippen molar-refractivity contribution in [1.82, 2.24) is 0 Å². The summed E-state index contributed by atoms with van der Waals surface area (Å²) in [5.41, 5.74) is 1.09. The predicted octanol–water partition coefficient (Wildman–Crippen LogP) is 3.09. The van der Waals surface area contributed by atoms with Gasteiger partial charge in [-0.1, -0.05) is 36.9 Å². The van der Waals surface area contributed by atoms with Gasteiger partial charge < -0.3 is 0 Å². The number of hydrogen-bond acceptors (Lipinski definition) is 0.